The topological polar surface area (TPSA) is 194 Å². The predicted molar refractivity (Wildman–Crippen MR) is 247 cm³/mol. The molecule has 354 valence electrons. The second kappa shape index (κ2) is 21.8. The highest BCUT2D eigenvalue weighted by Crippen LogP contribution is 2.27. The van der Waals surface area contributed by atoms with E-state index in [0.717, 1.165) is 22.3 Å². The van der Waals surface area contributed by atoms with Crippen molar-refractivity contribution in [3.63, 3.8) is 0 Å². The molecule has 6 rings (SSSR count). The van der Waals surface area contributed by atoms with E-state index in [9.17, 15) is 26.7 Å². The van der Waals surface area contributed by atoms with Crippen molar-refractivity contribution in [3.8, 4) is 23.0 Å². The van der Waals surface area contributed by atoms with Crippen LogP contribution in [0.1, 0.15) is 49.9 Å². The van der Waals surface area contributed by atoms with Crippen molar-refractivity contribution in [1.82, 2.24) is 28.2 Å². The van der Waals surface area contributed by atoms with Crippen LogP contribution < -0.4 is 18.9 Å². The van der Waals surface area contributed by atoms with E-state index in [4.69, 9.17) is 23.7 Å². The molecule has 0 unspecified atom stereocenters. The molecule has 17 nitrogen and oxygen atoms in total. The van der Waals surface area contributed by atoms with Crippen LogP contribution in [0.2, 0.25) is 0 Å². The summed E-state index contributed by atoms with van der Waals surface area (Å²) in [4.78, 5) is 12.2. The van der Waals surface area contributed by atoms with E-state index in [1.165, 1.54) is 43.4 Å². The molecule has 2 aromatic heterocycles. The van der Waals surface area contributed by atoms with Gasteiger partial charge in [0, 0.05) is 38.6 Å². The van der Waals surface area contributed by atoms with Crippen molar-refractivity contribution in [1.29, 1.82) is 0 Å². The highest BCUT2D eigenvalue weighted by atomic mass is 32.2. The van der Waals surface area contributed by atoms with Crippen molar-refractivity contribution < 1.29 is 50.4 Å². The molecule has 0 amide bonds. The van der Waals surface area contributed by atoms with Gasteiger partial charge in [-0.1, -0.05) is 48.5 Å². The Kier molecular flexibility index (Phi) is 16.8. The molecule has 0 fully saturated rings. The average molecular weight is 947 g/mol. The summed E-state index contributed by atoms with van der Waals surface area (Å²) in [7, 11) is -0.351. The number of ether oxygens (including phenoxy) is 5. The standard InChI is InChI=1S/C24H29N3O6S.C23H29N3O5S/c1-24(2,23(28)33-5)27-15-14-22(25-27)34(29,30)26(16-18-6-10-20(31-3)11-7-18)17-19-8-12-21(32-4)13-9-19;1-23(2,17-27)26-14-13-22(24-26)32(28,29)25(15-18-5-9-20(30-3)10-6-18)16-19-7-11-21(31-4)12-8-19/h6-15H,16-17H2,1-5H3;5-14,27H,15-17H2,1-4H3. The first kappa shape index (κ1) is 50.7. The predicted octanol–water partition coefficient (Wildman–Crippen LogP) is 6.22. The van der Waals surface area contributed by atoms with E-state index in [0.29, 0.717) is 23.0 Å². The first-order chi connectivity index (χ1) is 31.3. The molecular formula is C47H58N6O11S2. The zero-order valence-electron chi connectivity index (χ0n) is 38.6. The number of hydrogen-bond donors (Lipinski definition) is 1. The molecule has 0 bridgehead atoms. The number of aliphatic hydroxyl groups excluding tert-OH is 1. The molecule has 0 atom stereocenters. The Balaban J connectivity index is 0.000000248. The minimum Gasteiger partial charge on any atom is -0.497 e. The highest BCUT2D eigenvalue weighted by Gasteiger charge is 2.35. The molecule has 0 spiro atoms. The molecule has 6 aromatic rings. The van der Waals surface area contributed by atoms with Crippen LogP contribution in [0.25, 0.3) is 0 Å². The number of methoxy groups -OCH3 is 5. The quantitative estimate of drug-likeness (QED) is 0.0849. The summed E-state index contributed by atoms with van der Waals surface area (Å²) >= 11 is 0. The largest absolute Gasteiger partial charge is 0.497 e. The van der Waals surface area contributed by atoms with Crippen molar-refractivity contribution in [3.05, 3.63) is 144 Å². The lowest BCUT2D eigenvalue weighted by molar-refractivity contribution is -0.150. The van der Waals surface area contributed by atoms with Crippen LogP contribution in [0, 0.1) is 0 Å². The normalized spacial score (nSPS) is 12.1. The van der Waals surface area contributed by atoms with Crippen LogP contribution in [-0.2, 0) is 66.8 Å². The van der Waals surface area contributed by atoms with Gasteiger partial charge in [-0.25, -0.2) is 21.6 Å². The maximum absolute atomic E-state index is 13.7. The van der Waals surface area contributed by atoms with Gasteiger partial charge in [-0.05, 0) is 111 Å². The Bertz CT molecular complexity index is 2620. The van der Waals surface area contributed by atoms with Crippen LogP contribution in [-0.4, -0.2) is 98.2 Å². The summed E-state index contributed by atoms with van der Waals surface area (Å²) in [6.07, 6.45) is 3.03. The average Bonchev–Trinajstić information content (AvgIpc) is 4.06. The second-order valence-corrected chi connectivity index (χ2v) is 19.9. The van der Waals surface area contributed by atoms with Crippen LogP contribution >= 0.6 is 0 Å². The monoisotopic (exact) mass is 946 g/mol. The summed E-state index contributed by atoms with van der Waals surface area (Å²) in [6, 6.07) is 31.8. The summed E-state index contributed by atoms with van der Waals surface area (Å²) in [5, 5.41) is 17.9. The van der Waals surface area contributed by atoms with Gasteiger partial charge in [0.1, 0.15) is 23.0 Å². The number of rotatable bonds is 20. The summed E-state index contributed by atoms with van der Waals surface area (Å²) in [5.74, 6) is 2.22. The smallest absolute Gasteiger partial charge is 0.333 e. The maximum atomic E-state index is 13.7. The second-order valence-electron chi connectivity index (χ2n) is 16.2. The van der Waals surface area contributed by atoms with Crippen molar-refractivity contribution in [2.75, 3.05) is 42.2 Å². The molecule has 19 heteroatoms. The van der Waals surface area contributed by atoms with Crippen LogP contribution in [0.3, 0.4) is 0 Å². The van der Waals surface area contributed by atoms with Crippen LogP contribution in [0.5, 0.6) is 23.0 Å². The number of nitrogens with zero attached hydrogens (tertiary/aromatic N) is 6. The number of sulfonamides is 2. The zero-order chi connectivity index (χ0) is 48.3. The number of carbonyl (C=O) groups excluding carboxylic acids is 1. The van der Waals surface area contributed by atoms with E-state index in [1.54, 1.807) is 111 Å². The first-order valence-corrected chi connectivity index (χ1v) is 23.5. The lowest BCUT2D eigenvalue weighted by Gasteiger charge is -2.23. The third-order valence-corrected chi connectivity index (χ3v) is 14.0. The van der Waals surface area contributed by atoms with E-state index in [1.807, 2.05) is 48.5 Å². The Morgan fingerprint density at radius 2 is 0.803 bits per heavy atom. The molecule has 0 aliphatic carbocycles. The molecule has 0 aliphatic heterocycles. The fourth-order valence-electron chi connectivity index (χ4n) is 6.41. The summed E-state index contributed by atoms with van der Waals surface area (Å²) in [5.41, 5.74) is 1.32. The zero-order valence-corrected chi connectivity index (χ0v) is 40.2. The SMILES string of the molecule is COC(=O)C(C)(C)n1ccc(S(=O)(=O)N(Cc2ccc(OC)cc2)Cc2ccc(OC)cc2)n1.COc1ccc(CN(Cc2ccc(OC)cc2)S(=O)(=O)c2ccn(C(C)(C)CO)n2)cc1. The van der Waals surface area contributed by atoms with E-state index in [-0.39, 0.29) is 42.8 Å². The minimum absolute atomic E-state index is 0.0685. The van der Waals surface area contributed by atoms with E-state index < -0.39 is 37.1 Å². The summed E-state index contributed by atoms with van der Waals surface area (Å²) in [6.45, 7) is 7.16. The van der Waals surface area contributed by atoms with Gasteiger partial charge < -0.3 is 28.8 Å². The van der Waals surface area contributed by atoms with Gasteiger partial charge in [-0.15, -0.1) is 0 Å². The Morgan fingerprint density at radius 3 is 1.08 bits per heavy atom. The summed E-state index contributed by atoms with van der Waals surface area (Å²) < 4.78 is 85.5. The molecule has 2 heterocycles. The van der Waals surface area contributed by atoms with Crippen LogP contribution in [0.4, 0.5) is 0 Å². The Hall–Kier alpha value is -6.25. The first-order valence-electron chi connectivity index (χ1n) is 20.6. The number of esters is 1. The van der Waals surface area contributed by atoms with Gasteiger partial charge in [0.2, 0.25) is 0 Å². The van der Waals surface area contributed by atoms with E-state index in [2.05, 4.69) is 10.2 Å². The molecule has 0 radical (unpaired) electrons. The molecule has 66 heavy (non-hydrogen) atoms. The minimum atomic E-state index is -4.01. The van der Waals surface area contributed by atoms with Gasteiger partial charge >= 0.3 is 5.97 Å². The number of benzene rings is 4. The highest BCUT2D eigenvalue weighted by molar-refractivity contribution is 7.89. The lowest BCUT2D eigenvalue weighted by Crippen LogP contribution is -2.37. The molecule has 0 saturated carbocycles. The van der Waals surface area contributed by atoms with E-state index >= 15 is 0 Å². The van der Waals surface area contributed by atoms with Gasteiger partial charge in [-0.2, -0.15) is 18.8 Å². The third-order valence-electron chi connectivity index (χ3n) is 10.7. The number of aliphatic hydroxyl groups is 1. The number of hydrogen-bond acceptors (Lipinski definition) is 13. The Labute approximate surface area is 387 Å². The molecule has 0 aliphatic rings. The van der Waals surface area contributed by atoms with Gasteiger partial charge in [-0.3, -0.25) is 9.36 Å². The van der Waals surface area contributed by atoms with Crippen molar-refractivity contribution in [2.24, 2.45) is 0 Å². The fourth-order valence-corrected chi connectivity index (χ4v) is 9.06. The van der Waals surface area contributed by atoms with Crippen LogP contribution in [0.15, 0.2) is 132 Å². The molecule has 0 saturated heterocycles. The number of aromatic nitrogens is 4. The maximum Gasteiger partial charge on any atom is 0.333 e. The molecule has 4 aromatic carbocycles. The van der Waals surface area contributed by atoms with Gasteiger partial charge in [0.05, 0.1) is 47.7 Å². The third kappa shape index (κ3) is 12.3. The molecule has 1 N–H and O–H groups in total. The lowest BCUT2D eigenvalue weighted by atomic mass is 10.1. The van der Waals surface area contributed by atoms with Gasteiger partial charge in [0.15, 0.2) is 15.6 Å². The van der Waals surface area contributed by atoms with Crippen molar-refractivity contribution >= 4 is 26.0 Å². The Morgan fingerprint density at radius 1 is 0.515 bits per heavy atom. The van der Waals surface area contributed by atoms with Crippen molar-refractivity contribution in [2.45, 2.75) is 75.0 Å². The van der Waals surface area contributed by atoms with Gasteiger partial charge in [0.25, 0.3) is 20.0 Å². The fraction of sp³-hybridized carbons (Fsp3) is 0.340. The molecular weight excluding hydrogens is 889 g/mol. The number of carbonyl (C=O) groups is 1.